The molecule has 4 nitrogen and oxygen atoms in total. The Bertz CT molecular complexity index is 406. The molecule has 1 fully saturated rings. The number of thioether (sulfide) groups is 1. The van der Waals surface area contributed by atoms with Crippen LogP contribution in [0.15, 0.2) is 0 Å². The molecule has 88 valence electrons. The zero-order chi connectivity index (χ0) is 11.7. The number of carbonyl (C=O) groups is 1. The Morgan fingerprint density at radius 1 is 1.62 bits per heavy atom. The maximum absolute atomic E-state index is 10.9. The highest BCUT2D eigenvalue weighted by molar-refractivity contribution is 7.99. The van der Waals surface area contributed by atoms with Gasteiger partial charge in [-0.2, -0.15) is 11.8 Å². The SMILES string of the molecule is Cc1nc(N2CCSCC2C)sc1C(=O)O. The Kier molecular flexibility index (Phi) is 3.39. The van der Waals surface area contributed by atoms with Gasteiger partial charge in [-0.1, -0.05) is 11.3 Å². The molecule has 0 saturated carbocycles. The molecule has 0 bridgehead atoms. The third kappa shape index (κ3) is 2.17. The third-order valence-electron chi connectivity index (χ3n) is 2.59. The van der Waals surface area contributed by atoms with E-state index < -0.39 is 5.97 Å². The average Bonchev–Trinajstić information content (AvgIpc) is 2.61. The number of carboxylic acids is 1. The molecular weight excluding hydrogens is 244 g/mol. The highest BCUT2D eigenvalue weighted by Crippen LogP contribution is 2.30. The van der Waals surface area contributed by atoms with Crippen molar-refractivity contribution in [3.63, 3.8) is 0 Å². The van der Waals surface area contributed by atoms with E-state index in [1.165, 1.54) is 11.3 Å². The topological polar surface area (TPSA) is 53.4 Å². The van der Waals surface area contributed by atoms with Crippen molar-refractivity contribution in [3.8, 4) is 0 Å². The summed E-state index contributed by atoms with van der Waals surface area (Å²) in [5, 5.41) is 9.84. The number of anilines is 1. The molecule has 0 amide bonds. The first kappa shape index (κ1) is 11.7. The maximum atomic E-state index is 10.9. The summed E-state index contributed by atoms with van der Waals surface area (Å²) < 4.78 is 0. The van der Waals surface area contributed by atoms with Crippen LogP contribution in [0.25, 0.3) is 0 Å². The Labute approximate surface area is 103 Å². The highest BCUT2D eigenvalue weighted by Gasteiger charge is 2.24. The molecule has 1 unspecified atom stereocenters. The molecule has 2 heterocycles. The molecule has 6 heteroatoms. The molecule has 0 radical (unpaired) electrons. The molecule has 1 aromatic rings. The summed E-state index contributed by atoms with van der Waals surface area (Å²) in [6, 6.07) is 0.436. The maximum Gasteiger partial charge on any atom is 0.347 e. The summed E-state index contributed by atoms with van der Waals surface area (Å²) in [6.07, 6.45) is 0. The second kappa shape index (κ2) is 4.63. The summed E-state index contributed by atoms with van der Waals surface area (Å²) in [6.45, 7) is 4.87. The van der Waals surface area contributed by atoms with Gasteiger partial charge in [0.1, 0.15) is 4.88 Å². The first-order valence-electron chi connectivity index (χ1n) is 5.14. The van der Waals surface area contributed by atoms with Crippen molar-refractivity contribution in [1.29, 1.82) is 0 Å². The molecule has 1 atom stereocenters. The molecule has 2 rings (SSSR count). The molecule has 1 N–H and O–H groups in total. The average molecular weight is 258 g/mol. The van der Waals surface area contributed by atoms with Gasteiger partial charge in [0.25, 0.3) is 0 Å². The molecule has 1 aromatic heterocycles. The van der Waals surface area contributed by atoms with Gasteiger partial charge in [0.2, 0.25) is 0 Å². The zero-order valence-electron chi connectivity index (χ0n) is 9.27. The Balaban J connectivity index is 2.26. The van der Waals surface area contributed by atoms with E-state index in [1.807, 2.05) is 11.8 Å². The van der Waals surface area contributed by atoms with Crippen LogP contribution in [0.4, 0.5) is 5.13 Å². The minimum atomic E-state index is -0.875. The molecule has 0 spiro atoms. The zero-order valence-corrected chi connectivity index (χ0v) is 10.9. The van der Waals surface area contributed by atoms with Crippen LogP contribution in [-0.2, 0) is 0 Å². The Morgan fingerprint density at radius 3 is 2.94 bits per heavy atom. The van der Waals surface area contributed by atoms with Crippen molar-refractivity contribution in [1.82, 2.24) is 4.98 Å². The van der Waals surface area contributed by atoms with Gasteiger partial charge < -0.3 is 10.0 Å². The molecule has 0 aliphatic carbocycles. The standard InChI is InChI=1S/C10H14N2O2S2/c1-6-5-15-4-3-12(6)10-11-7(2)8(16-10)9(13)14/h6H,3-5H2,1-2H3,(H,13,14). The fourth-order valence-electron chi connectivity index (χ4n) is 1.71. The lowest BCUT2D eigenvalue weighted by Gasteiger charge is -2.32. The monoisotopic (exact) mass is 258 g/mol. The molecule has 1 aliphatic heterocycles. The van der Waals surface area contributed by atoms with E-state index in [4.69, 9.17) is 5.11 Å². The lowest BCUT2D eigenvalue weighted by Crippen LogP contribution is -2.40. The van der Waals surface area contributed by atoms with E-state index in [-0.39, 0.29) is 0 Å². The van der Waals surface area contributed by atoms with Gasteiger partial charge in [-0.05, 0) is 13.8 Å². The summed E-state index contributed by atoms with van der Waals surface area (Å²) >= 11 is 3.22. The van der Waals surface area contributed by atoms with Crippen molar-refractivity contribution >= 4 is 34.2 Å². The first-order valence-corrected chi connectivity index (χ1v) is 7.12. The van der Waals surface area contributed by atoms with Crippen LogP contribution in [0.3, 0.4) is 0 Å². The number of aryl methyl sites for hydroxylation is 1. The summed E-state index contributed by atoms with van der Waals surface area (Å²) in [5.41, 5.74) is 0.623. The van der Waals surface area contributed by atoms with Crippen LogP contribution in [0.1, 0.15) is 22.3 Å². The quantitative estimate of drug-likeness (QED) is 0.880. The first-order chi connectivity index (χ1) is 7.59. The van der Waals surface area contributed by atoms with E-state index in [1.54, 1.807) is 6.92 Å². The van der Waals surface area contributed by atoms with Crippen molar-refractivity contribution in [2.75, 3.05) is 23.0 Å². The van der Waals surface area contributed by atoms with Crippen molar-refractivity contribution < 1.29 is 9.90 Å². The third-order valence-corrected chi connectivity index (χ3v) is 4.96. The van der Waals surface area contributed by atoms with Gasteiger partial charge in [-0.25, -0.2) is 9.78 Å². The second-order valence-electron chi connectivity index (χ2n) is 3.83. The minimum absolute atomic E-state index is 0.362. The minimum Gasteiger partial charge on any atom is -0.477 e. The number of nitrogens with zero attached hydrogens (tertiary/aromatic N) is 2. The van der Waals surface area contributed by atoms with Gasteiger partial charge in [-0.15, -0.1) is 0 Å². The van der Waals surface area contributed by atoms with E-state index in [9.17, 15) is 4.79 Å². The van der Waals surface area contributed by atoms with Gasteiger partial charge >= 0.3 is 5.97 Å². The number of hydrogen-bond acceptors (Lipinski definition) is 5. The molecular formula is C10H14N2O2S2. The van der Waals surface area contributed by atoms with Crippen LogP contribution in [-0.4, -0.2) is 40.2 Å². The smallest absolute Gasteiger partial charge is 0.347 e. The van der Waals surface area contributed by atoms with Crippen LogP contribution < -0.4 is 4.90 Å². The molecule has 1 aliphatic rings. The van der Waals surface area contributed by atoms with Gasteiger partial charge in [0, 0.05) is 24.1 Å². The van der Waals surface area contributed by atoms with E-state index in [0.717, 1.165) is 23.2 Å². The van der Waals surface area contributed by atoms with E-state index >= 15 is 0 Å². The fourth-order valence-corrected chi connectivity index (χ4v) is 3.76. The van der Waals surface area contributed by atoms with Crippen LogP contribution >= 0.6 is 23.1 Å². The second-order valence-corrected chi connectivity index (χ2v) is 5.96. The van der Waals surface area contributed by atoms with Crippen molar-refractivity contribution in [2.45, 2.75) is 19.9 Å². The predicted octanol–water partition coefficient (Wildman–Crippen LogP) is 2.09. The number of aromatic carboxylic acids is 1. The summed E-state index contributed by atoms with van der Waals surface area (Å²) in [7, 11) is 0. The molecule has 1 saturated heterocycles. The van der Waals surface area contributed by atoms with Crippen LogP contribution in [0.5, 0.6) is 0 Å². The number of thiazole rings is 1. The number of hydrogen-bond donors (Lipinski definition) is 1. The van der Waals surface area contributed by atoms with E-state index in [0.29, 0.717) is 16.6 Å². The fraction of sp³-hybridized carbons (Fsp3) is 0.600. The van der Waals surface area contributed by atoms with Gasteiger partial charge in [0.05, 0.1) is 5.69 Å². The summed E-state index contributed by atoms with van der Waals surface area (Å²) in [4.78, 5) is 17.9. The number of carboxylic acid groups (broad SMARTS) is 1. The Hall–Kier alpha value is -0.750. The molecule has 0 aromatic carbocycles. The van der Waals surface area contributed by atoms with Crippen molar-refractivity contribution in [2.24, 2.45) is 0 Å². The number of rotatable bonds is 2. The summed E-state index contributed by atoms with van der Waals surface area (Å²) in [5.74, 6) is 1.30. The van der Waals surface area contributed by atoms with Gasteiger partial charge in [-0.3, -0.25) is 0 Å². The van der Waals surface area contributed by atoms with Crippen LogP contribution in [0.2, 0.25) is 0 Å². The Morgan fingerprint density at radius 2 is 2.38 bits per heavy atom. The number of aromatic nitrogens is 1. The normalized spacial score (nSPS) is 21.1. The van der Waals surface area contributed by atoms with Gasteiger partial charge in [0.15, 0.2) is 5.13 Å². The van der Waals surface area contributed by atoms with Crippen LogP contribution in [0, 0.1) is 6.92 Å². The highest BCUT2D eigenvalue weighted by atomic mass is 32.2. The lowest BCUT2D eigenvalue weighted by atomic mass is 10.3. The lowest BCUT2D eigenvalue weighted by molar-refractivity contribution is 0.0701. The largest absolute Gasteiger partial charge is 0.477 e. The van der Waals surface area contributed by atoms with Crippen molar-refractivity contribution in [3.05, 3.63) is 10.6 Å². The molecule has 16 heavy (non-hydrogen) atoms. The predicted molar refractivity (Wildman–Crippen MR) is 67.9 cm³/mol. The van der Waals surface area contributed by atoms with E-state index in [2.05, 4.69) is 16.8 Å².